The number of piperazine rings is 1. The van der Waals surface area contributed by atoms with Gasteiger partial charge in [-0.05, 0) is 46.0 Å². The third-order valence-corrected chi connectivity index (χ3v) is 7.93. The van der Waals surface area contributed by atoms with E-state index >= 15 is 0 Å². The molecule has 11 nitrogen and oxygen atoms in total. The molecule has 5 rings (SSSR count). The van der Waals surface area contributed by atoms with E-state index in [-0.39, 0.29) is 23.9 Å². The normalized spacial score (nSPS) is 25.3. The van der Waals surface area contributed by atoms with Crippen LogP contribution in [-0.2, 0) is 17.7 Å². The Balaban J connectivity index is 1.22. The number of aryl methyl sites for hydroxylation is 1. The summed E-state index contributed by atoms with van der Waals surface area (Å²) in [5.41, 5.74) is 2.40. The molecule has 3 atom stereocenters. The second kappa shape index (κ2) is 10.2. The van der Waals surface area contributed by atoms with E-state index in [2.05, 4.69) is 39.4 Å². The van der Waals surface area contributed by atoms with Gasteiger partial charge in [0.05, 0.1) is 24.0 Å². The average Bonchev–Trinajstić information content (AvgIpc) is 3.59. The summed E-state index contributed by atoms with van der Waals surface area (Å²) in [6.45, 7) is 13.0. The molecular weight excluding hydrogens is 462 g/mol. The molecule has 0 saturated carbocycles. The Morgan fingerprint density at radius 3 is 2.64 bits per heavy atom. The Morgan fingerprint density at radius 1 is 1.14 bits per heavy atom. The number of rotatable bonds is 5. The molecule has 0 aliphatic carbocycles. The monoisotopic (exact) mass is 499 g/mol. The van der Waals surface area contributed by atoms with Crippen molar-refractivity contribution >= 4 is 17.8 Å². The fourth-order valence-corrected chi connectivity index (χ4v) is 5.58. The molecule has 2 aromatic heterocycles. The van der Waals surface area contributed by atoms with Gasteiger partial charge in [0, 0.05) is 56.6 Å². The predicted octanol–water partition coefficient (Wildman–Crippen LogP) is 3.03. The minimum absolute atomic E-state index is 0.0252. The van der Waals surface area contributed by atoms with E-state index in [0.717, 1.165) is 50.4 Å². The molecule has 2 unspecified atom stereocenters. The first kappa shape index (κ1) is 24.8. The maximum absolute atomic E-state index is 13.7. The van der Waals surface area contributed by atoms with Crippen molar-refractivity contribution in [2.75, 3.05) is 38.2 Å². The fraction of sp³-hybridized carbons (Fsp3) is 0.680. The van der Waals surface area contributed by atoms with Crippen LogP contribution in [0, 0.1) is 5.92 Å². The van der Waals surface area contributed by atoms with E-state index in [1.807, 2.05) is 23.6 Å². The molecule has 5 heterocycles. The first-order chi connectivity index (χ1) is 17.4. The van der Waals surface area contributed by atoms with Crippen LogP contribution < -0.4 is 5.32 Å². The lowest BCUT2D eigenvalue weighted by Gasteiger charge is -2.46. The van der Waals surface area contributed by atoms with Gasteiger partial charge in [-0.1, -0.05) is 12.1 Å². The van der Waals surface area contributed by atoms with Gasteiger partial charge in [0.2, 0.25) is 5.76 Å². The summed E-state index contributed by atoms with van der Waals surface area (Å²) in [5, 5.41) is 14.0. The van der Waals surface area contributed by atoms with Crippen LogP contribution in [0.2, 0.25) is 0 Å². The summed E-state index contributed by atoms with van der Waals surface area (Å²) in [6, 6.07) is 1.92. The summed E-state index contributed by atoms with van der Waals surface area (Å²) in [6.07, 6.45) is 2.92. The first-order valence-corrected chi connectivity index (χ1v) is 13.1. The predicted molar refractivity (Wildman–Crippen MR) is 133 cm³/mol. The quantitative estimate of drug-likeness (QED) is 0.649. The molecule has 0 spiro atoms. The van der Waals surface area contributed by atoms with Gasteiger partial charge in [-0.2, -0.15) is 5.10 Å². The lowest BCUT2D eigenvalue weighted by Crippen LogP contribution is -2.60. The fourth-order valence-electron chi connectivity index (χ4n) is 5.58. The van der Waals surface area contributed by atoms with Crippen molar-refractivity contribution in [2.24, 2.45) is 5.92 Å². The molecule has 3 amide bonds. The molecule has 3 aliphatic heterocycles. The van der Waals surface area contributed by atoms with Gasteiger partial charge >= 0.3 is 6.03 Å². The van der Waals surface area contributed by atoms with E-state index in [9.17, 15) is 9.59 Å². The van der Waals surface area contributed by atoms with Gasteiger partial charge in [-0.15, -0.1) is 0 Å². The Kier molecular flexibility index (Phi) is 7.03. The lowest BCUT2D eigenvalue weighted by molar-refractivity contribution is 0.0127. The van der Waals surface area contributed by atoms with Crippen molar-refractivity contribution in [3.05, 3.63) is 28.8 Å². The second-order valence-electron chi connectivity index (χ2n) is 10.4. The third kappa shape index (κ3) is 4.73. The number of nitrogens with one attached hydrogen (secondary N) is 2. The molecule has 2 saturated heterocycles. The van der Waals surface area contributed by atoms with Crippen LogP contribution in [-0.4, -0.2) is 86.9 Å². The summed E-state index contributed by atoms with van der Waals surface area (Å²) in [5.74, 6) is 0.835. The number of aromatic nitrogens is 3. The Labute approximate surface area is 211 Å². The van der Waals surface area contributed by atoms with Gasteiger partial charge < -0.3 is 24.4 Å². The van der Waals surface area contributed by atoms with E-state index in [1.54, 1.807) is 6.07 Å². The number of carbonyl (C=O) groups excluding carboxylic acids is 2. The van der Waals surface area contributed by atoms with Gasteiger partial charge in [0.1, 0.15) is 0 Å². The zero-order chi connectivity index (χ0) is 25.4. The van der Waals surface area contributed by atoms with Crippen LogP contribution in [0.4, 0.5) is 10.6 Å². The van der Waals surface area contributed by atoms with Crippen molar-refractivity contribution in [2.45, 2.75) is 71.6 Å². The molecule has 0 aromatic carbocycles. The topological polar surface area (TPSA) is 120 Å². The molecule has 2 aromatic rings. The zero-order valence-corrected chi connectivity index (χ0v) is 21.6. The van der Waals surface area contributed by atoms with Crippen LogP contribution in [0.25, 0.3) is 0 Å². The van der Waals surface area contributed by atoms with Crippen molar-refractivity contribution in [1.82, 2.24) is 30.1 Å². The maximum atomic E-state index is 13.7. The second-order valence-corrected chi connectivity index (χ2v) is 10.4. The van der Waals surface area contributed by atoms with Crippen molar-refractivity contribution in [3.63, 3.8) is 0 Å². The van der Waals surface area contributed by atoms with E-state index in [0.29, 0.717) is 43.0 Å². The molecule has 11 heteroatoms. The Morgan fingerprint density at radius 2 is 1.92 bits per heavy atom. The SMILES string of the molecule is CCc1cc(C(=O)Nc2n[nH]c3c2CN(C(=O)N2C[C@@H](C)N(CC4CCOCC4)CC2C)C3C)on1. The molecule has 3 aliphatic rings. The number of ether oxygens (including phenoxy) is 1. The number of urea groups is 1. The van der Waals surface area contributed by atoms with Crippen LogP contribution in [0.15, 0.2) is 10.6 Å². The molecule has 2 fully saturated rings. The van der Waals surface area contributed by atoms with Crippen LogP contribution in [0.1, 0.15) is 74.1 Å². The van der Waals surface area contributed by atoms with Crippen LogP contribution in [0.5, 0.6) is 0 Å². The number of nitrogens with zero attached hydrogens (tertiary/aromatic N) is 5. The third-order valence-electron chi connectivity index (χ3n) is 7.93. The summed E-state index contributed by atoms with van der Waals surface area (Å²) in [4.78, 5) is 32.7. The zero-order valence-electron chi connectivity index (χ0n) is 21.6. The number of carbonyl (C=O) groups is 2. The minimum atomic E-state index is -0.406. The van der Waals surface area contributed by atoms with Gasteiger partial charge in [-0.25, -0.2) is 4.79 Å². The number of H-pyrrole nitrogens is 1. The van der Waals surface area contributed by atoms with Gasteiger partial charge in [-0.3, -0.25) is 14.8 Å². The number of hydrogen-bond donors (Lipinski definition) is 2. The van der Waals surface area contributed by atoms with Crippen molar-refractivity contribution in [1.29, 1.82) is 0 Å². The van der Waals surface area contributed by atoms with E-state index in [4.69, 9.17) is 9.26 Å². The number of fused-ring (bicyclic) bond motifs is 1. The van der Waals surface area contributed by atoms with E-state index < -0.39 is 5.91 Å². The van der Waals surface area contributed by atoms with Gasteiger partial charge in [0.15, 0.2) is 5.82 Å². The lowest BCUT2D eigenvalue weighted by atomic mass is 9.97. The smallest absolute Gasteiger partial charge is 0.321 e. The highest BCUT2D eigenvalue weighted by molar-refractivity contribution is 6.02. The average molecular weight is 500 g/mol. The van der Waals surface area contributed by atoms with Crippen molar-refractivity contribution in [3.8, 4) is 0 Å². The minimum Gasteiger partial charge on any atom is -0.381 e. The number of aromatic amines is 1. The van der Waals surface area contributed by atoms with Crippen molar-refractivity contribution < 1.29 is 18.8 Å². The molecule has 2 N–H and O–H groups in total. The highest BCUT2D eigenvalue weighted by atomic mass is 16.5. The van der Waals surface area contributed by atoms with Gasteiger partial charge in [0.25, 0.3) is 5.91 Å². The molecule has 36 heavy (non-hydrogen) atoms. The molecular formula is C25H37N7O4. The van der Waals surface area contributed by atoms with Crippen LogP contribution >= 0.6 is 0 Å². The summed E-state index contributed by atoms with van der Waals surface area (Å²) >= 11 is 0. The summed E-state index contributed by atoms with van der Waals surface area (Å²) in [7, 11) is 0. The summed E-state index contributed by atoms with van der Waals surface area (Å²) < 4.78 is 10.7. The molecule has 196 valence electrons. The largest absolute Gasteiger partial charge is 0.381 e. The standard InChI is InChI=1S/C25H37N7O4/c1-5-19-10-21(36-29-19)24(33)26-23-20-14-32(17(4)22(20)27-28-23)25(34)31-12-15(2)30(11-16(31)3)13-18-6-8-35-9-7-18/h10,15-18H,5-9,11-14H2,1-4H3,(H2,26,27,28,33)/t15-,16?,17?/m1/s1. The first-order valence-electron chi connectivity index (χ1n) is 13.1. The van der Waals surface area contributed by atoms with E-state index in [1.165, 1.54) is 0 Å². The Bertz CT molecular complexity index is 1090. The number of amides is 3. The highest BCUT2D eigenvalue weighted by Gasteiger charge is 2.41. The molecule has 0 radical (unpaired) electrons. The molecule has 0 bridgehead atoms. The number of anilines is 1. The maximum Gasteiger partial charge on any atom is 0.321 e. The van der Waals surface area contributed by atoms with Crippen LogP contribution in [0.3, 0.4) is 0 Å². The Hall–Kier alpha value is -2.92. The number of hydrogen-bond acceptors (Lipinski definition) is 7. The highest BCUT2D eigenvalue weighted by Crippen LogP contribution is 2.37.